The topological polar surface area (TPSA) is 103 Å². The van der Waals surface area contributed by atoms with E-state index in [-0.39, 0.29) is 24.5 Å². The minimum Gasteiger partial charge on any atom is -0.871 e. The van der Waals surface area contributed by atoms with Gasteiger partial charge < -0.3 is 10.8 Å². The van der Waals surface area contributed by atoms with Crippen LogP contribution in [0.5, 0.6) is 5.75 Å². The molecule has 0 aliphatic heterocycles. The molecule has 0 aromatic heterocycles. The minimum absolute atomic E-state index is 0. The van der Waals surface area contributed by atoms with E-state index in [1.54, 1.807) is 0 Å². The second-order valence-electron chi connectivity index (χ2n) is 2.15. The monoisotopic (exact) mass is 195 g/mol. The van der Waals surface area contributed by atoms with Gasteiger partial charge in [0.2, 0.25) is 0 Å². The Hall–Kier alpha value is -0.673. The molecule has 0 bridgehead atoms. The van der Waals surface area contributed by atoms with E-state index in [9.17, 15) is 13.5 Å². The van der Waals surface area contributed by atoms with Crippen LogP contribution in [0.2, 0.25) is 0 Å². The Bertz CT molecular complexity index is 383. The first-order chi connectivity index (χ1) is 5.43. The summed E-state index contributed by atoms with van der Waals surface area (Å²) in [4.78, 5) is -0.759. The van der Waals surface area contributed by atoms with Gasteiger partial charge in [0.05, 0.1) is 5.69 Å². The first-order valence-corrected chi connectivity index (χ1v) is 4.40. The van der Waals surface area contributed by atoms with Crippen molar-refractivity contribution in [3.63, 3.8) is 0 Å². The molecule has 0 unspecified atom stereocenters. The van der Waals surface area contributed by atoms with Crippen LogP contribution in [-0.2, 0) is 10.1 Å². The van der Waals surface area contributed by atoms with Crippen LogP contribution in [0.25, 0.3) is 0 Å². The summed E-state index contributed by atoms with van der Waals surface area (Å²) in [6.45, 7) is 0. The van der Waals surface area contributed by atoms with Crippen LogP contribution < -0.4 is 29.7 Å². The molecule has 1 rings (SSSR count). The van der Waals surface area contributed by atoms with E-state index in [2.05, 4.69) is 0 Å². The van der Waals surface area contributed by atoms with Crippen molar-refractivity contribution in [3.8, 4) is 5.75 Å². The number of rotatable bonds is 1. The summed E-state index contributed by atoms with van der Waals surface area (Å²) < 4.78 is 29.6. The van der Waals surface area contributed by atoms with Crippen LogP contribution in [-0.4, -0.2) is 13.0 Å². The van der Waals surface area contributed by atoms with E-state index >= 15 is 0 Å². The van der Waals surface area contributed by atoms with Crippen molar-refractivity contribution < 1.29 is 36.9 Å². The fourth-order valence-electron chi connectivity index (χ4n) is 0.809. The van der Waals surface area contributed by atoms with Gasteiger partial charge >= 0.3 is 18.9 Å². The third-order valence-corrected chi connectivity index (χ3v) is 2.22. The summed E-state index contributed by atoms with van der Waals surface area (Å²) >= 11 is 0. The summed E-state index contributed by atoms with van der Waals surface area (Å²) in [6.07, 6.45) is 0. The van der Waals surface area contributed by atoms with Gasteiger partial charge in [0.25, 0.3) is 10.1 Å². The molecule has 66 valence electrons. The number of hydrogen-bond donors (Lipinski definition) is 2. The third kappa shape index (κ3) is 2.64. The average Bonchev–Trinajstić information content (AvgIpc) is 1.82. The molecule has 0 fully saturated rings. The van der Waals surface area contributed by atoms with Crippen LogP contribution in [0.1, 0.15) is 0 Å². The van der Waals surface area contributed by atoms with Gasteiger partial charge in [-0.05, 0) is 6.07 Å². The van der Waals surface area contributed by atoms with Crippen molar-refractivity contribution >= 4 is 15.8 Å². The molecule has 1 aromatic carbocycles. The van der Waals surface area contributed by atoms with E-state index in [1.165, 1.54) is 12.1 Å². The van der Waals surface area contributed by atoms with Crippen molar-refractivity contribution in [2.24, 2.45) is 0 Å². The Kier molecular flexibility index (Phi) is 3.82. The zero-order valence-corrected chi connectivity index (χ0v) is 7.71. The van der Waals surface area contributed by atoms with E-state index in [4.69, 9.17) is 10.3 Å². The van der Waals surface area contributed by atoms with Crippen molar-refractivity contribution in [1.29, 1.82) is 0 Å². The molecule has 0 amide bonds. The van der Waals surface area contributed by atoms with E-state index in [1.807, 2.05) is 0 Å². The summed E-state index contributed by atoms with van der Waals surface area (Å²) in [6, 6.07) is 3.55. The predicted molar refractivity (Wildman–Crippen MR) is 40.1 cm³/mol. The predicted octanol–water partition coefficient (Wildman–Crippen LogP) is -3.41. The van der Waals surface area contributed by atoms with Crippen LogP contribution in [0.3, 0.4) is 0 Å². The van der Waals surface area contributed by atoms with Gasteiger partial charge in [-0.25, -0.2) is 0 Å². The van der Waals surface area contributed by atoms with E-state index in [0.717, 1.165) is 6.07 Å². The standard InChI is InChI=1S/C6H7NO4S.Li/c7-4-2-1-3-5(8)6(4)12(9,10)11;/h1-3,8H,7H2,(H,9,10,11);/q;+1/p-1. The van der Waals surface area contributed by atoms with Crippen molar-refractivity contribution in [3.05, 3.63) is 18.2 Å². The fourth-order valence-corrected chi connectivity index (χ4v) is 1.50. The van der Waals surface area contributed by atoms with Gasteiger partial charge in [-0.15, -0.1) is 0 Å². The number of benzene rings is 1. The van der Waals surface area contributed by atoms with E-state index in [0.29, 0.717) is 0 Å². The summed E-state index contributed by atoms with van der Waals surface area (Å²) in [5, 5.41) is 10.9. The first-order valence-electron chi connectivity index (χ1n) is 2.96. The Morgan fingerprint density at radius 3 is 2.23 bits per heavy atom. The second kappa shape index (κ2) is 4.02. The molecule has 0 spiro atoms. The van der Waals surface area contributed by atoms with Crippen molar-refractivity contribution in [2.45, 2.75) is 4.90 Å². The quantitative estimate of drug-likeness (QED) is 0.276. The van der Waals surface area contributed by atoms with Crippen LogP contribution in [0.4, 0.5) is 5.69 Å². The normalized spacial score (nSPS) is 10.5. The zero-order chi connectivity index (χ0) is 9.35. The van der Waals surface area contributed by atoms with Gasteiger partial charge in [-0.2, -0.15) is 8.42 Å². The molecule has 0 heterocycles. The van der Waals surface area contributed by atoms with Crippen LogP contribution in [0, 0.1) is 0 Å². The molecule has 0 radical (unpaired) electrons. The molecular weight excluding hydrogens is 189 g/mol. The smallest absolute Gasteiger partial charge is 0.871 e. The summed E-state index contributed by atoms with van der Waals surface area (Å²) in [5.74, 6) is -0.808. The number of hydrogen-bond acceptors (Lipinski definition) is 4. The zero-order valence-electron chi connectivity index (χ0n) is 6.89. The number of anilines is 1. The average molecular weight is 195 g/mol. The molecule has 0 saturated heterocycles. The molecule has 0 atom stereocenters. The minimum atomic E-state index is -4.50. The largest absolute Gasteiger partial charge is 1.00 e. The summed E-state index contributed by atoms with van der Waals surface area (Å²) in [5.41, 5.74) is 4.92. The van der Waals surface area contributed by atoms with Crippen molar-refractivity contribution in [2.75, 3.05) is 5.73 Å². The molecule has 5 nitrogen and oxygen atoms in total. The van der Waals surface area contributed by atoms with Gasteiger partial charge in [0.15, 0.2) is 0 Å². The Balaban J connectivity index is 0.00000144. The van der Waals surface area contributed by atoms with Gasteiger partial charge in [0, 0.05) is 0 Å². The fraction of sp³-hybridized carbons (Fsp3) is 0. The molecule has 7 heteroatoms. The van der Waals surface area contributed by atoms with Gasteiger partial charge in [-0.1, -0.05) is 17.9 Å². The maximum atomic E-state index is 10.9. The molecule has 0 saturated carbocycles. The van der Waals surface area contributed by atoms with Crippen molar-refractivity contribution in [1.82, 2.24) is 0 Å². The second-order valence-corrected chi connectivity index (χ2v) is 3.51. The molecule has 0 aliphatic carbocycles. The molecular formula is C6H6LiNO4S. The van der Waals surface area contributed by atoms with Crippen LogP contribution >= 0.6 is 0 Å². The van der Waals surface area contributed by atoms with Crippen LogP contribution in [0.15, 0.2) is 23.1 Å². The van der Waals surface area contributed by atoms with E-state index < -0.39 is 20.8 Å². The Morgan fingerprint density at radius 2 is 1.92 bits per heavy atom. The third-order valence-electron chi connectivity index (χ3n) is 1.27. The molecule has 1 aromatic rings. The Labute approximate surface area is 87.5 Å². The van der Waals surface area contributed by atoms with Gasteiger partial charge in [-0.3, -0.25) is 4.55 Å². The number of nitrogens with two attached hydrogens (primary N) is 1. The molecule has 13 heavy (non-hydrogen) atoms. The molecule has 3 N–H and O–H groups in total. The SMILES string of the molecule is Nc1cccc([O-])c1S(=O)(=O)O.[Li+]. The maximum absolute atomic E-state index is 10.9. The molecule has 0 aliphatic rings. The maximum Gasteiger partial charge on any atom is 1.00 e. The Morgan fingerprint density at radius 1 is 1.38 bits per heavy atom. The first kappa shape index (κ1) is 12.3. The van der Waals surface area contributed by atoms with Gasteiger partial charge in [0.1, 0.15) is 4.90 Å². The number of nitrogen functional groups attached to an aromatic ring is 1. The summed E-state index contributed by atoms with van der Waals surface area (Å²) in [7, 11) is -4.50.